The molecule has 0 saturated heterocycles. The summed E-state index contributed by atoms with van der Waals surface area (Å²) in [6.45, 7) is 6.69. The minimum atomic E-state index is 0.392. The molecular formula is C12H27N. The fourth-order valence-corrected chi connectivity index (χ4v) is 1.77. The Labute approximate surface area is 84.1 Å². The molecule has 0 aromatic rings. The van der Waals surface area contributed by atoms with Gasteiger partial charge in [0.2, 0.25) is 0 Å². The van der Waals surface area contributed by atoms with Crippen molar-refractivity contribution >= 4 is 0 Å². The highest BCUT2D eigenvalue weighted by Crippen LogP contribution is 2.19. The largest absolute Gasteiger partial charge is 0.328 e. The molecule has 0 aliphatic heterocycles. The molecule has 0 fully saturated rings. The predicted molar refractivity (Wildman–Crippen MR) is 60.8 cm³/mol. The third-order valence-corrected chi connectivity index (χ3v) is 2.82. The first-order valence-electron chi connectivity index (χ1n) is 5.96. The maximum absolute atomic E-state index is 5.72. The maximum atomic E-state index is 5.72. The second kappa shape index (κ2) is 8.55. The van der Waals surface area contributed by atoms with Gasteiger partial charge in [-0.05, 0) is 19.3 Å². The molecule has 80 valence electrons. The van der Waals surface area contributed by atoms with E-state index in [4.69, 9.17) is 5.73 Å². The fourth-order valence-electron chi connectivity index (χ4n) is 1.77. The number of hydrogen-bond donors (Lipinski definition) is 1. The summed E-state index contributed by atoms with van der Waals surface area (Å²) in [5, 5.41) is 0. The lowest BCUT2D eigenvalue weighted by Gasteiger charge is -2.14. The fraction of sp³-hybridized carbons (Fsp3) is 1.00. The number of rotatable bonds is 8. The Balaban J connectivity index is 3.36. The van der Waals surface area contributed by atoms with Crippen molar-refractivity contribution in [2.45, 2.75) is 71.8 Å². The molecular weight excluding hydrogens is 158 g/mol. The van der Waals surface area contributed by atoms with Gasteiger partial charge in [-0.2, -0.15) is 0 Å². The Morgan fingerprint density at radius 2 is 1.62 bits per heavy atom. The Bertz CT molecular complexity index is 99.3. The zero-order valence-corrected chi connectivity index (χ0v) is 9.68. The van der Waals surface area contributed by atoms with Crippen LogP contribution >= 0.6 is 0 Å². The number of hydrogen-bond acceptors (Lipinski definition) is 1. The van der Waals surface area contributed by atoms with Gasteiger partial charge in [0.1, 0.15) is 0 Å². The summed E-state index contributed by atoms with van der Waals surface area (Å²) in [5.74, 6) is 0.957. The van der Waals surface area contributed by atoms with Gasteiger partial charge in [-0.3, -0.25) is 0 Å². The average Bonchev–Trinajstić information content (AvgIpc) is 2.10. The molecule has 0 heterocycles. The Morgan fingerprint density at radius 3 is 2.08 bits per heavy atom. The highest BCUT2D eigenvalue weighted by molar-refractivity contribution is 4.60. The minimum Gasteiger partial charge on any atom is -0.328 e. The summed E-state index contributed by atoms with van der Waals surface area (Å²) >= 11 is 0. The van der Waals surface area contributed by atoms with E-state index in [9.17, 15) is 0 Å². The lowest BCUT2D eigenvalue weighted by molar-refractivity contribution is 0.398. The first-order valence-corrected chi connectivity index (χ1v) is 5.96. The van der Waals surface area contributed by atoms with Gasteiger partial charge >= 0.3 is 0 Å². The van der Waals surface area contributed by atoms with Gasteiger partial charge in [0.15, 0.2) is 0 Å². The molecule has 2 atom stereocenters. The van der Waals surface area contributed by atoms with Crippen molar-refractivity contribution in [1.29, 1.82) is 0 Å². The SMILES string of the molecule is CCCCC(CC)CCCC(C)N. The zero-order valence-electron chi connectivity index (χ0n) is 9.68. The van der Waals surface area contributed by atoms with Crippen LogP contribution in [0, 0.1) is 5.92 Å². The second-order valence-electron chi connectivity index (χ2n) is 4.32. The minimum absolute atomic E-state index is 0.392. The van der Waals surface area contributed by atoms with Crippen molar-refractivity contribution in [2.24, 2.45) is 11.7 Å². The molecule has 0 spiro atoms. The van der Waals surface area contributed by atoms with Crippen molar-refractivity contribution < 1.29 is 0 Å². The van der Waals surface area contributed by atoms with Crippen LogP contribution in [0.2, 0.25) is 0 Å². The zero-order chi connectivity index (χ0) is 10.1. The molecule has 13 heavy (non-hydrogen) atoms. The van der Waals surface area contributed by atoms with Crippen LogP contribution in [0.4, 0.5) is 0 Å². The van der Waals surface area contributed by atoms with Gasteiger partial charge in [0.05, 0.1) is 0 Å². The van der Waals surface area contributed by atoms with Crippen molar-refractivity contribution in [3.05, 3.63) is 0 Å². The Hall–Kier alpha value is -0.0400. The highest BCUT2D eigenvalue weighted by atomic mass is 14.6. The third-order valence-electron chi connectivity index (χ3n) is 2.82. The van der Waals surface area contributed by atoms with Gasteiger partial charge in [-0.15, -0.1) is 0 Å². The van der Waals surface area contributed by atoms with Crippen molar-refractivity contribution in [3.8, 4) is 0 Å². The van der Waals surface area contributed by atoms with Crippen molar-refractivity contribution in [2.75, 3.05) is 0 Å². The first-order chi connectivity index (χ1) is 6.20. The predicted octanol–water partition coefficient (Wildman–Crippen LogP) is 3.72. The summed E-state index contributed by atoms with van der Waals surface area (Å²) in [5.41, 5.74) is 5.72. The van der Waals surface area contributed by atoms with E-state index in [1.165, 1.54) is 44.9 Å². The van der Waals surface area contributed by atoms with Crippen LogP contribution in [0.5, 0.6) is 0 Å². The average molecular weight is 185 g/mol. The highest BCUT2D eigenvalue weighted by Gasteiger charge is 2.05. The van der Waals surface area contributed by atoms with E-state index in [1.54, 1.807) is 0 Å². The van der Waals surface area contributed by atoms with Crippen LogP contribution in [0.25, 0.3) is 0 Å². The van der Waals surface area contributed by atoms with E-state index in [0.717, 1.165) is 5.92 Å². The molecule has 0 aliphatic rings. The molecule has 2 unspecified atom stereocenters. The summed E-state index contributed by atoms with van der Waals surface area (Å²) in [4.78, 5) is 0. The smallest absolute Gasteiger partial charge is 0.00104 e. The van der Waals surface area contributed by atoms with E-state index in [1.807, 2.05) is 0 Å². The van der Waals surface area contributed by atoms with Crippen molar-refractivity contribution in [3.63, 3.8) is 0 Å². The van der Waals surface area contributed by atoms with Gasteiger partial charge in [-0.25, -0.2) is 0 Å². The van der Waals surface area contributed by atoms with E-state index < -0.39 is 0 Å². The molecule has 1 nitrogen and oxygen atoms in total. The Morgan fingerprint density at radius 1 is 1.00 bits per heavy atom. The number of nitrogens with two attached hydrogens (primary N) is 1. The van der Waals surface area contributed by atoms with Gasteiger partial charge in [0.25, 0.3) is 0 Å². The molecule has 0 saturated carbocycles. The second-order valence-corrected chi connectivity index (χ2v) is 4.32. The maximum Gasteiger partial charge on any atom is 0.00104 e. The molecule has 1 heteroatoms. The molecule has 0 radical (unpaired) electrons. The van der Waals surface area contributed by atoms with Gasteiger partial charge < -0.3 is 5.73 Å². The van der Waals surface area contributed by atoms with E-state index in [-0.39, 0.29) is 0 Å². The van der Waals surface area contributed by atoms with Crippen LogP contribution in [-0.2, 0) is 0 Å². The normalized spacial score (nSPS) is 15.7. The standard InChI is InChI=1S/C12H27N/c1-4-6-9-12(5-2)10-7-8-11(3)13/h11-12H,4-10,13H2,1-3H3. The monoisotopic (exact) mass is 185 g/mol. The van der Waals surface area contributed by atoms with Crippen molar-refractivity contribution in [1.82, 2.24) is 0 Å². The first kappa shape index (κ1) is 13.0. The molecule has 0 aliphatic carbocycles. The molecule has 0 amide bonds. The van der Waals surface area contributed by atoms with Gasteiger partial charge in [-0.1, -0.05) is 52.4 Å². The van der Waals surface area contributed by atoms with E-state index in [0.29, 0.717) is 6.04 Å². The Kier molecular flexibility index (Phi) is 8.53. The van der Waals surface area contributed by atoms with Gasteiger partial charge in [0, 0.05) is 6.04 Å². The van der Waals surface area contributed by atoms with Crippen LogP contribution in [0.15, 0.2) is 0 Å². The lowest BCUT2D eigenvalue weighted by Crippen LogP contribution is -2.14. The molecule has 0 aromatic heterocycles. The lowest BCUT2D eigenvalue weighted by atomic mass is 9.93. The van der Waals surface area contributed by atoms with Crippen LogP contribution in [0.3, 0.4) is 0 Å². The van der Waals surface area contributed by atoms with E-state index in [2.05, 4.69) is 20.8 Å². The summed E-state index contributed by atoms with van der Waals surface area (Å²) in [6.07, 6.45) is 9.41. The molecule has 0 rings (SSSR count). The third kappa shape index (κ3) is 8.29. The van der Waals surface area contributed by atoms with Crippen LogP contribution in [-0.4, -0.2) is 6.04 Å². The quantitative estimate of drug-likeness (QED) is 0.613. The van der Waals surface area contributed by atoms with Crippen LogP contribution in [0.1, 0.15) is 65.7 Å². The summed E-state index contributed by atoms with van der Waals surface area (Å²) in [7, 11) is 0. The number of unbranched alkanes of at least 4 members (excludes halogenated alkanes) is 1. The topological polar surface area (TPSA) is 26.0 Å². The molecule has 2 N–H and O–H groups in total. The molecule has 0 aromatic carbocycles. The summed E-state index contributed by atoms with van der Waals surface area (Å²) in [6, 6.07) is 0.392. The summed E-state index contributed by atoms with van der Waals surface area (Å²) < 4.78 is 0. The van der Waals surface area contributed by atoms with E-state index >= 15 is 0 Å². The molecule has 0 bridgehead atoms. The van der Waals surface area contributed by atoms with Crippen LogP contribution < -0.4 is 5.73 Å².